The average molecular weight is 334 g/mol. The zero-order valence-corrected chi connectivity index (χ0v) is 15.5. The van der Waals surface area contributed by atoms with Crippen molar-refractivity contribution in [1.82, 2.24) is 11.5 Å². The van der Waals surface area contributed by atoms with E-state index in [0.29, 0.717) is 17.5 Å². The summed E-state index contributed by atoms with van der Waals surface area (Å²) in [4.78, 5) is 0. The summed E-state index contributed by atoms with van der Waals surface area (Å²) in [5.74, 6) is 0. The maximum absolute atomic E-state index is 6.44. The second kappa shape index (κ2) is 14.7. The van der Waals surface area contributed by atoms with E-state index in [4.69, 9.17) is 17.3 Å². The Morgan fingerprint density at radius 1 is 1.00 bits per heavy atom. The number of nitrogens with two attached hydrogens (primary N) is 1. The topological polar surface area (TPSA) is 73.0 Å². The molecule has 1 aliphatic heterocycles. The van der Waals surface area contributed by atoms with Gasteiger partial charge in [0.2, 0.25) is 0 Å². The molecule has 1 fully saturated rings. The molecule has 3 unspecified atom stereocenters. The van der Waals surface area contributed by atoms with E-state index in [-0.39, 0.29) is 6.15 Å². The fourth-order valence-electron chi connectivity index (χ4n) is 3.31. The number of halogens is 1. The molecule has 22 heavy (non-hydrogen) atoms. The van der Waals surface area contributed by atoms with Gasteiger partial charge in [0, 0.05) is 24.0 Å². The van der Waals surface area contributed by atoms with E-state index in [1.807, 2.05) is 0 Å². The van der Waals surface area contributed by atoms with E-state index < -0.39 is 0 Å². The molecule has 3 nitrogen and oxygen atoms in total. The third-order valence-corrected chi connectivity index (χ3v) is 5.06. The Morgan fingerprint density at radius 2 is 1.55 bits per heavy atom. The number of nitrogens with one attached hydrogen (secondary N) is 1. The van der Waals surface area contributed by atoms with Crippen molar-refractivity contribution >= 4 is 11.6 Å². The van der Waals surface area contributed by atoms with E-state index in [2.05, 4.69) is 12.2 Å². The van der Waals surface area contributed by atoms with Gasteiger partial charge in [-0.3, -0.25) is 0 Å². The van der Waals surface area contributed by atoms with Gasteiger partial charge in [-0.2, -0.15) is 0 Å². The third kappa shape index (κ3) is 11.7. The van der Waals surface area contributed by atoms with Crippen LogP contribution in [0, 0.1) is 0 Å². The molecule has 0 aliphatic carbocycles. The summed E-state index contributed by atoms with van der Waals surface area (Å²) in [5.41, 5.74) is 5.90. The van der Waals surface area contributed by atoms with E-state index in [1.54, 1.807) is 0 Å². The Balaban J connectivity index is 0.00000441. The Kier molecular flexibility index (Phi) is 14.9. The van der Waals surface area contributed by atoms with Crippen molar-refractivity contribution in [3.63, 3.8) is 0 Å². The SMILES string of the molecule is CCCCCCCCCCCCC(Cl)CC1CC(N)CN1.N. The lowest BCUT2D eigenvalue weighted by molar-refractivity contribution is 0.500. The van der Waals surface area contributed by atoms with Crippen molar-refractivity contribution < 1.29 is 0 Å². The highest BCUT2D eigenvalue weighted by Gasteiger charge is 2.22. The largest absolute Gasteiger partial charge is 0.344 e. The highest BCUT2D eigenvalue weighted by Crippen LogP contribution is 2.19. The summed E-state index contributed by atoms with van der Waals surface area (Å²) in [7, 11) is 0. The van der Waals surface area contributed by atoms with Gasteiger partial charge in [-0.25, -0.2) is 0 Å². The zero-order valence-electron chi connectivity index (χ0n) is 14.8. The van der Waals surface area contributed by atoms with Gasteiger partial charge in [0.1, 0.15) is 0 Å². The van der Waals surface area contributed by atoms with Crippen LogP contribution < -0.4 is 17.2 Å². The fraction of sp³-hybridized carbons (Fsp3) is 1.00. The smallest absolute Gasteiger partial charge is 0.0350 e. The Bertz CT molecular complexity index is 238. The van der Waals surface area contributed by atoms with E-state index in [0.717, 1.165) is 19.4 Å². The van der Waals surface area contributed by atoms with Crippen molar-refractivity contribution in [1.29, 1.82) is 0 Å². The summed E-state index contributed by atoms with van der Waals surface area (Å²) in [6.45, 7) is 3.24. The molecule has 6 N–H and O–H groups in total. The molecule has 0 spiro atoms. The zero-order chi connectivity index (χ0) is 15.3. The molecule has 1 rings (SSSR count). The monoisotopic (exact) mass is 333 g/mol. The molecule has 0 bridgehead atoms. The normalized spacial score (nSPS) is 22.5. The lowest BCUT2D eigenvalue weighted by Crippen LogP contribution is -2.25. The average Bonchev–Trinajstić information content (AvgIpc) is 2.86. The van der Waals surface area contributed by atoms with E-state index in [1.165, 1.54) is 70.6 Å². The molecule has 134 valence electrons. The van der Waals surface area contributed by atoms with Gasteiger partial charge in [-0.1, -0.05) is 71.1 Å². The number of alkyl halides is 1. The summed E-state index contributed by atoms with van der Waals surface area (Å²) >= 11 is 6.44. The van der Waals surface area contributed by atoms with Crippen LogP contribution in [0.3, 0.4) is 0 Å². The van der Waals surface area contributed by atoms with Crippen LogP contribution in [0.15, 0.2) is 0 Å². The third-order valence-electron chi connectivity index (χ3n) is 4.67. The molecule has 1 saturated heterocycles. The highest BCUT2D eigenvalue weighted by atomic mass is 35.5. The van der Waals surface area contributed by atoms with Crippen molar-refractivity contribution in [2.45, 2.75) is 108 Å². The molecule has 3 atom stereocenters. The van der Waals surface area contributed by atoms with Crippen molar-refractivity contribution in [3.05, 3.63) is 0 Å². The minimum Gasteiger partial charge on any atom is -0.344 e. The summed E-state index contributed by atoms with van der Waals surface area (Å²) in [5, 5.41) is 3.80. The molecular formula is C18H40ClN3. The van der Waals surface area contributed by atoms with Crippen molar-refractivity contribution in [2.75, 3.05) is 6.54 Å². The first-order valence-corrected chi connectivity index (χ1v) is 9.79. The molecular weight excluding hydrogens is 294 g/mol. The number of unbranched alkanes of at least 4 members (excludes halogenated alkanes) is 9. The minimum absolute atomic E-state index is 0. The molecule has 0 radical (unpaired) electrons. The first-order chi connectivity index (χ1) is 10.2. The predicted molar refractivity (Wildman–Crippen MR) is 100 cm³/mol. The molecule has 1 aliphatic rings. The first-order valence-electron chi connectivity index (χ1n) is 9.35. The van der Waals surface area contributed by atoms with Gasteiger partial charge in [-0.05, 0) is 19.3 Å². The predicted octanol–water partition coefficient (Wildman–Crippen LogP) is 5.15. The Morgan fingerprint density at radius 3 is 2.05 bits per heavy atom. The lowest BCUT2D eigenvalue weighted by Gasteiger charge is -2.15. The first kappa shape index (κ1) is 22.2. The van der Waals surface area contributed by atoms with Crippen LogP contribution in [0.2, 0.25) is 0 Å². The Labute approximate surface area is 143 Å². The summed E-state index contributed by atoms with van der Waals surface area (Å²) in [6.07, 6.45) is 17.3. The van der Waals surface area contributed by atoms with Gasteiger partial charge in [0.05, 0.1) is 0 Å². The van der Waals surface area contributed by atoms with Crippen LogP contribution >= 0.6 is 11.6 Å². The van der Waals surface area contributed by atoms with E-state index >= 15 is 0 Å². The molecule has 0 saturated carbocycles. The standard InChI is InChI=1S/C18H37ClN2.H3N/c1-2-3-4-5-6-7-8-9-10-11-12-16(19)13-18-14-17(20)15-21-18;/h16-18,21H,2-15,20H2,1H3;1H3. The van der Waals surface area contributed by atoms with Crippen LogP contribution in [-0.4, -0.2) is 24.0 Å². The summed E-state index contributed by atoms with van der Waals surface area (Å²) in [6, 6.07) is 0.904. The van der Waals surface area contributed by atoms with Crippen LogP contribution in [0.1, 0.15) is 90.4 Å². The molecule has 0 amide bonds. The minimum atomic E-state index is 0. The maximum atomic E-state index is 6.44. The molecule has 4 heteroatoms. The molecule has 0 aromatic heterocycles. The maximum Gasteiger partial charge on any atom is 0.0350 e. The molecule has 1 heterocycles. The second-order valence-corrected chi connectivity index (χ2v) is 7.52. The van der Waals surface area contributed by atoms with Crippen LogP contribution in [0.5, 0.6) is 0 Å². The number of hydrogen-bond donors (Lipinski definition) is 3. The number of hydrogen-bond acceptors (Lipinski definition) is 3. The van der Waals surface area contributed by atoms with Crippen LogP contribution in [-0.2, 0) is 0 Å². The van der Waals surface area contributed by atoms with Crippen molar-refractivity contribution in [3.8, 4) is 0 Å². The van der Waals surface area contributed by atoms with Gasteiger partial charge >= 0.3 is 0 Å². The lowest BCUT2D eigenvalue weighted by atomic mass is 10.0. The second-order valence-electron chi connectivity index (χ2n) is 6.90. The number of rotatable bonds is 13. The van der Waals surface area contributed by atoms with Gasteiger partial charge in [0.25, 0.3) is 0 Å². The Hall–Kier alpha value is 0.170. The molecule has 0 aromatic rings. The van der Waals surface area contributed by atoms with Crippen LogP contribution in [0.4, 0.5) is 0 Å². The fourth-order valence-corrected chi connectivity index (χ4v) is 3.68. The van der Waals surface area contributed by atoms with Gasteiger partial charge in [0.15, 0.2) is 0 Å². The summed E-state index contributed by atoms with van der Waals surface area (Å²) < 4.78 is 0. The van der Waals surface area contributed by atoms with E-state index in [9.17, 15) is 0 Å². The van der Waals surface area contributed by atoms with Crippen molar-refractivity contribution in [2.24, 2.45) is 5.73 Å². The van der Waals surface area contributed by atoms with Gasteiger partial charge in [-0.15, -0.1) is 11.6 Å². The quantitative estimate of drug-likeness (QED) is 0.322. The molecule has 0 aromatic carbocycles. The van der Waals surface area contributed by atoms with Gasteiger partial charge < -0.3 is 17.2 Å². The highest BCUT2D eigenvalue weighted by molar-refractivity contribution is 6.20. The van der Waals surface area contributed by atoms with Crippen LogP contribution in [0.25, 0.3) is 0 Å².